The minimum absolute atomic E-state index is 0.197. The van der Waals surface area contributed by atoms with Crippen molar-refractivity contribution in [1.29, 1.82) is 0 Å². The first-order valence-corrected chi connectivity index (χ1v) is 5.44. The standard InChI is InChI=1S/C14H12N2O2/c17-14(18)12-8-4-5-9-13(12)16-15-10-11-6-2-1-3-7-11/h1-10,16H,(H,17,18)/b15-10-. The maximum atomic E-state index is 11.0. The molecule has 0 heterocycles. The summed E-state index contributed by atoms with van der Waals surface area (Å²) in [5.74, 6) is -0.979. The molecule has 0 aromatic heterocycles. The lowest BCUT2D eigenvalue weighted by molar-refractivity contribution is 0.0698. The molecule has 4 nitrogen and oxygen atoms in total. The van der Waals surface area contributed by atoms with Crippen molar-refractivity contribution in [3.8, 4) is 0 Å². The van der Waals surface area contributed by atoms with Crippen LogP contribution in [0.25, 0.3) is 0 Å². The first kappa shape index (κ1) is 11.9. The van der Waals surface area contributed by atoms with Crippen LogP contribution in [0.3, 0.4) is 0 Å². The lowest BCUT2D eigenvalue weighted by Gasteiger charge is -2.03. The average Bonchev–Trinajstić information content (AvgIpc) is 2.40. The summed E-state index contributed by atoms with van der Waals surface area (Å²) < 4.78 is 0. The monoisotopic (exact) mass is 240 g/mol. The van der Waals surface area contributed by atoms with Gasteiger partial charge in [-0.25, -0.2) is 4.79 Å². The van der Waals surface area contributed by atoms with Gasteiger partial charge in [-0.2, -0.15) is 5.10 Å². The lowest BCUT2D eigenvalue weighted by Crippen LogP contribution is -2.02. The van der Waals surface area contributed by atoms with Gasteiger partial charge in [-0.05, 0) is 17.7 Å². The second-order valence-electron chi connectivity index (χ2n) is 3.63. The largest absolute Gasteiger partial charge is 0.478 e. The fraction of sp³-hybridized carbons (Fsp3) is 0. The van der Waals surface area contributed by atoms with Crippen molar-refractivity contribution >= 4 is 17.9 Å². The van der Waals surface area contributed by atoms with Crippen LogP contribution in [-0.4, -0.2) is 17.3 Å². The Morgan fingerprint density at radius 1 is 1.06 bits per heavy atom. The predicted molar refractivity (Wildman–Crippen MR) is 71.1 cm³/mol. The first-order chi connectivity index (χ1) is 8.77. The summed E-state index contributed by atoms with van der Waals surface area (Å²) in [4.78, 5) is 11.0. The van der Waals surface area contributed by atoms with Gasteiger partial charge < -0.3 is 5.11 Å². The minimum Gasteiger partial charge on any atom is -0.478 e. The van der Waals surface area contributed by atoms with Crippen LogP contribution in [0.5, 0.6) is 0 Å². The van der Waals surface area contributed by atoms with Gasteiger partial charge in [0.2, 0.25) is 0 Å². The van der Waals surface area contributed by atoms with E-state index in [2.05, 4.69) is 10.5 Å². The smallest absolute Gasteiger partial charge is 0.337 e. The molecule has 0 bridgehead atoms. The number of benzene rings is 2. The highest BCUT2D eigenvalue weighted by atomic mass is 16.4. The maximum absolute atomic E-state index is 11.0. The molecule has 0 amide bonds. The van der Waals surface area contributed by atoms with Crippen LogP contribution in [-0.2, 0) is 0 Å². The Bertz CT molecular complexity index is 565. The van der Waals surface area contributed by atoms with Crippen LogP contribution in [0.2, 0.25) is 0 Å². The van der Waals surface area contributed by atoms with E-state index in [1.54, 1.807) is 24.4 Å². The Hall–Kier alpha value is -2.62. The number of nitrogens with one attached hydrogen (secondary N) is 1. The van der Waals surface area contributed by atoms with Gasteiger partial charge in [-0.3, -0.25) is 5.43 Å². The zero-order valence-corrected chi connectivity index (χ0v) is 9.58. The number of carboxylic acids is 1. The van der Waals surface area contributed by atoms with Gasteiger partial charge in [-0.1, -0.05) is 42.5 Å². The first-order valence-electron chi connectivity index (χ1n) is 5.44. The molecule has 18 heavy (non-hydrogen) atoms. The number of nitrogens with zero attached hydrogens (tertiary/aromatic N) is 1. The van der Waals surface area contributed by atoms with E-state index >= 15 is 0 Å². The molecule has 0 aliphatic heterocycles. The van der Waals surface area contributed by atoms with E-state index in [0.717, 1.165) is 5.56 Å². The quantitative estimate of drug-likeness (QED) is 0.638. The molecule has 0 spiro atoms. The molecule has 0 aliphatic rings. The third-order valence-electron chi connectivity index (χ3n) is 2.36. The van der Waals surface area contributed by atoms with Crippen LogP contribution < -0.4 is 5.43 Å². The predicted octanol–water partition coefficient (Wildman–Crippen LogP) is 2.83. The third kappa shape index (κ3) is 2.95. The van der Waals surface area contributed by atoms with Gasteiger partial charge in [0.05, 0.1) is 17.5 Å². The zero-order valence-electron chi connectivity index (χ0n) is 9.58. The number of carboxylic acid groups (broad SMARTS) is 1. The molecule has 0 saturated carbocycles. The summed E-state index contributed by atoms with van der Waals surface area (Å²) in [7, 11) is 0. The van der Waals surface area contributed by atoms with Crippen molar-refractivity contribution in [1.82, 2.24) is 0 Å². The Kier molecular flexibility index (Phi) is 3.71. The summed E-state index contributed by atoms with van der Waals surface area (Å²) in [5, 5.41) is 13.0. The van der Waals surface area contributed by atoms with Crippen molar-refractivity contribution in [2.75, 3.05) is 5.43 Å². The molecule has 0 fully saturated rings. The van der Waals surface area contributed by atoms with Crippen LogP contribution in [0, 0.1) is 0 Å². The number of hydrazone groups is 1. The van der Waals surface area contributed by atoms with E-state index in [0.29, 0.717) is 5.69 Å². The highest BCUT2D eigenvalue weighted by Gasteiger charge is 2.07. The molecular formula is C14H12N2O2. The number of para-hydroxylation sites is 1. The van der Waals surface area contributed by atoms with Crippen LogP contribution in [0.4, 0.5) is 5.69 Å². The van der Waals surface area contributed by atoms with Gasteiger partial charge in [0.25, 0.3) is 0 Å². The second kappa shape index (κ2) is 5.63. The summed E-state index contributed by atoms with van der Waals surface area (Å²) in [6, 6.07) is 16.2. The molecule has 0 radical (unpaired) electrons. The van der Waals surface area contributed by atoms with Crippen molar-refractivity contribution < 1.29 is 9.90 Å². The highest BCUT2D eigenvalue weighted by molar-refractivity contribution is 5.94. The molecule has 4 heteroatoms. The normalized spacial score (nSPS) is 10.4. The number of aromatic carboxylic acids is 1. The van der Waals surface area contributed by atoms with Crippen molar-refractivity contribution in [3.05, 3.63) is 65.7 Å². The topological polar surface area (TPSA) is 61.7 Å². The Morgan fingerprint density at radius 2 is 1.72 bits per heavy atom. The fourth-order valence-electron chi connectivity index (χ4n) is 1.48. The number of hydrogen-bond donors (Lipinski definition) is 2. The average molecular weight is 240 g/mol. The van der Waals surface area contributed by atoms with E-state index in [1.165, 1.54) is 6.07 Å². The number of carbonyl (C=O) groups is 1. The van der Waals surface area contributed by atoms with Crippen molar-refractivity contribution in [2.45, 2.75) is 0 Å². The molecule has 2 rings (SSSR count). The Labute approximate surface area is 105 Å². The van der Waals surface area contributed by atoms with E-state index in [1.807, 2.05) is 30.3 Å². The lowest BCUT2D eigenvalue weighted by atomic mass is 10.2. The van der Waals surface area contributed by atoms with Gasteiger partial charge in [0.15, 0.2) is 0 Å². The number of rotatable bonds is 4. The SMILES string of the molecule is O=C(O)c1ccccc1N/N=C\c1ccccc1. The maximum Gasteiger partial charge on any atom is 0.337 e. The minimum atomic E-state index is -0.979. The molecule has 0 atom stereocenters. The molecule has 2 aromatic carbocycles. The molecule has 0 unspecified atom stereocenters. The molecule has 2 aromatic rings. The third-order valence-corrected chi connectivity index (χ3v) is 2.36. The van der Waals surface area contributed by atoms with Crippen LogP contribution >= 0.6 is 0 Å². The summed E-state index contributed by atoms with van der Waals surface area (Å²) in [6.45, 7) is 0. The van der Waals surface area contributed by atoms with Crippen LogP contribution in [0.1, 0.15) is 15.9 Å². The van der Waals surface area contributed by atoms with E-state index in [4.69, 9.17) is 5.11 Å². The molecular weight excluding hydrogens is 228 g/mol. The van der Waals surface area contributed by atoms with Gasteiger partial charge >= 0.3 is 5.97 Å². The van der Waals surface area contributed by atoms with E-state index in [9.17, 15) is 4.79 Å². The Morgan fingerprint density at radius 3 is 2.44 bits per heavy atom. The molecule has 0 saturated heterocycles. The fourth-order valence-corrected chi connectivity index (χ4v) is 1.48. The van der Waals surface area contributed by atoms with Crippen molar-refractivity contribution in [3.63, 3.8) is 0 Å². The van der Waals surface area contributed by atoms with Crippen LogP contribution in [0.15, 0.2) is 59.7 Å². The van der Waals surface area contributed by atoms with E-state index in [-0.39, 0.29) is 5.56 Å². The van der Waals surface area contributed by atoms with Gasteiger partial charge in [0.1, 0.15) is 0 Å². The molecule has 0 aliphatic carbocycles. The van der Waals surface area contributed by atoms with E-state index < -0.39 is 5.97 Å². The number of anilines is 1. The Balaban J connectivity index is 2.11. The number of hydrogen-bond acceptors (Lipinski definition) is 3. The summed E-state index contributed by atoms with van der Waals surface area (Å²) in [6.07, 6.45) is 1.64. The molecule has 90 valence electrons. The van der Waals surface area contributed by atoms with Crippen molar-refractivity contribution in [2.24, 2.45) is 5.10 Å². The zero-order chi connectivity index (χ0) is 12.8. The van der Waals surface area contributed by atoms with Gasteiger partial charge in [-0.15, -0.1) is 0 Å². The highest BCUT2D eigenvalue weighted by Crippen LogP contribution is 2.14. The second-order valence-corrected chi connectivity index (χ2v) is 3.63. The van der Waals surface area contributed by atoms with Gasteiger partial charge in [0, 0.05) is 0 Å². The molecule has 2 N–H and O–H groups in total. The summed E-state index contributed by atoms with van der Waals surface area (Å²) >= 11 is 0. The summed E-state index contributed by atoms with van der Waals surface area (Å²) in [5.41, 5.74) is 4.34.